The molecule has 0 saturated heterocycles. The summed E-state index contributed by atoms with van der Waals surface area (Å²) in [7, 11) is 2.98. The third-order valence-corrected chi connectivity index (χ3v) is 3.14. The number of rotatable bonds is 5. The lowest BCUT2D eigenvalue weighted by Crippen LogP contribution is -2.02. The molecule has 0 aliphatic rings. The number of aromatic carboxylic acids is 1. The van der Waals surface area contributed by atoms with Crippen molar-refractivity contribution >= 4 is 11.7 Å². The molecule has 0 spiro atoms. The summed E-state index contributed by atoms with van der Waals surface area (Å²) in [6.45, 7) is 0. The molecule has 0 amide bonds. The molecule has 0 radical (unpaired) electrons. The van der Waals surface area contributed by atoms with E-state index in [1.807, 2.05) is 0 Å². The second-order valence-electron chi connectivity index (χ2n) is 4.36. The van der Waals surface area contributed by atoms with Crippen LogP contribution in [0.3, 0.4) is 0 Å². The maximum absolute atomic E-state index is 11.1. The molecule has 0 unspecified atom stereocenters. The van der Waals surface area contributed by atoms with Crippen molar-refractivity contribution in [3.8, 4) is 22.6 Å². The van der Waals surface area contributed by atoms with E-state index >= 15 is 0 Å². The molecule has 7 nitrogen and oxygen atoms in total. The zero-order valence-electron chi connectivity index (χ0n) is 11.9. The largest absolute Gasteiger partial charge is 0.497 e. The second-order valence-corrected chi connectivity index (χ2v) is 4.36. The van der Waals surface area contributed by atoms with Crippen molar-refractivity contribution in [2.24, 2.45) is 0 Å². The number of nitrogens with zero attached hydrogens (tertiary/aromatic N) is 1. The van der Waals surface area contributed by atoms with Crippen LogP contribution in [0.4, 0.5) is 5.69 Å². The van der Waals surface area contributed by atoms with Crippen molar-refractivity contribution in [2.45, 2.75) is 0 Å². The van der Waals surface area contributed by atoms with Gasteiger partial charge in [0.1, 0.15) is 17.1 Å². The molecule has 2 aromatic carbocycles. The topological polar surface area (TPSA) is 98.9 Å². The molecule has 0 atom stereocenters. The van der Waals surface area contributed by atoms with Gasteiger partial charge < -0.3 is 14.6 Å². The Labute approximate surface area is 125 Å². The van der Waals surface area contributed by atoms with Crippen molar-refractivity contribution in [1.29, 1.82) is 0 Å². The van der Waals surface area contributed by atoms with Crippen LogP contribution in [-0.4, -0.2) is 30.2 Å². The number of ether oxygens (including phenoxy) is 2. The highest BCUT2D eigenvalue weighted by Gasteiger charge is 2.21. The highest BCUT2D eigenvalue weighted by atomic mass is 16.6. The minimum absolute atomic E-state index is 0.365. The van der Waals surface area contributed by atoms with Gasteiger partial charge in [0.05, 0.1) is 19.1 Å². The zero-order valence-corrected chi connectivity index (χ0v) is 11.9. The highest BCUT2D eigenvalue weighted by Crippen LogP contribution is 2.35. The molecule has 0 aliphatic carbocycles. The minimum Gasteiger partial charge on any atom is -0.497 e. The Morgan fingerprint density at radius 2 is 1.86 bits per heavy atom. The van der Waals surface area contributed by atoms with Crippen LogP contribution in [0.2, 0.25) is 0 Å². The SMILES string of the molecule is COc1ccc(OC)c(-c2ccc(C(=O)O)c([N+](=O)[O-])c2)c1. The fourth-order valence-corrected chi connectivity index (χ4v) is 2.07. The van der Waals surface area contributed by atoms with E-state index in [4.69, 9.17) is 14.6 Å². The summed E-state index contributed by atoms with van der Waals surface area (Å²) >= 11 is 0. The van der Waals surface area contributed by atoms with Gasteiger partial charge in [-0.3, -0.25) is 10.1 Å². The van der Waals surface area contributed by atoms with E-state index in [-0.39, 0.29) is 5.56 Å². The van der Waals surface area contributed by atoms with E-state index in [0.29, 0.717) is 22.6 Å². The third kappa shape index (κ3) is 2.83. The normalized spacial score (nSPS) is 10.1. The van der Waals surface area contributed by atoms with Crippen LogP contribution in [0, 0.1) is 10.1 Å². The summed E-state index contributed by atoms with van der Waals surface area (Å²) in [4.78, 5) is 21.4. The Bertz CT molecular complexity index is 741. The molecule has 1 N–H and O–H groups in total. The molecule has 0 aliphatic heterocycles. The van der Waals surface area contributed by atoms with Gasteiger partial charge in [-0.25, -0.2) is 4.79 Å². The number of methoxy groups -OCH3 is 2. The molecule has 0 fully saturated rings. The van der Waals surface area contributed by atoms with Gasteiger partial charge >= 0.3 is 5.97 Å². The Balaban J connectivity index is 2.65. The van der Waals surface area contributed by atoms with Crippen LogP contribution in [0.1, 0.15) is 10.4 Å². The summed E-state index contributed by atoms with van der Waals surface area (Å²) in [5.74, 6) is -0.296. The zero-order chi connectivity index (χ0) is 16.3. The maximum atomic E-state index is 11.1. The minimum atomic E-state index is -1.35. The van der Waals surface area contributed by atoms with Gasteiger partial charge in [0, 0.05) is 11.6 Å². The molecule has 0 aromatic heterocycles. The number of carboxylic acids is 1. The summed E-state index contributed by atoms with van der Waals surface area (Å²) in [6, 6.07) is 8.94. The monoisotopic (exact) mass is 303 g/mol. The Morgan fingerprint density at radius 1 is 1.14 bits per heavy atom. The fraction of sp³-hybridized carbons (Fsp3) is 0.133. The summed E-state index contributed by atoms with van der Waals surface area (Å²) in [6.07, 6.45) is 0. The van der Waals surface area contributed by atoms with Gasteiger partial charge in [-0.05, 0) is 29.8 Å². The van der Waals surface area contributed by atoms with E-state index in [0.717, 1.165) is 0 Å². The summed E-state index contributed by atoms with van der Waals surface area (Å²) in [5, 5.41) is 20.1. The van der Waals surface area contributed by atoms with Crippen molar-refractivity contribution in [2.75, 3.05) is 14.2 Å². The van der Waals surface area contributed by atoms with Crippen LogP contribution in [0.5, 0.6) is 11.5 Å². The van der Waals surface area contributed by atoms with Crippen LogP contribution < -0.4 is 9.47 Å². The van der Waals surface area contributed by atoms with Crippen LogP contribution in [-0.2, 0) is 0 Å². The number of benzene rings is 2. The number of nitro groups is 1. The molecule has 22 heavy (non-hydrogen) atoms. The third-order valence-electron chi connectivity index (χ3n) is 3.14. The van der Waals surface area contributed by atoms with Gasteiger partial charge in [-0.1, -0.05) is 6.07 Å². The van der Waals surface area contributed by atoms with Crippen LogP contribution in [0.25, 0.3) is 11.1 Å². The molecular weight excluding hydrogens is 290 g/mol. The predicted molar refractivity (Wildman–Crippen MR) is 78.6 cm³/mol. The predicted octanol–water partition coefficient (Wildman–Crippen LogP) is 2.98. The molecule has 0 heterocycles. The Kier molecular flexibility index (Phi) is 4.26. The lowest BCUT2D eigenvalue weighted by atomic mass is 10.0. The first-order valence-corrected chi connectivity index (χ1v) is 6.22. The lowest BCUT2D eigenvalue weighted by molar-refractivity contribution is -0.385. The van der Waals surface area contributed by atoms with E-state index in [9.17, 15) is 14.9 Å². The van der Waals surface area contributed by atoms with Gasteiger partial charge in [0.2, 0.25) is 0 Å². The molecule has 2 aromatic rings. The van der Waals surface area contributed by atoms with E-state index in [1.165, 1.54) is 32.4 Å². The fourth-order valence-electron chi connectivity index (χ4n) is 2.07. The molecular formula is C15H13NO6. The van der Waals surface area contributed by atoms with Crippen LogP contribution in [0.15, 0.2) is 36.4 Å². The lowest BCUT2D eigenvalue weighted by Gasteiger charge is -2.11. The van der Waals surface area contributed by atoms with E-state index < -0.39 is 16.6 Å². The molecule has 7 heteroatoms. The van der Waals surface area contributed by atoms with Crippen LogP contribution >= 0.6 is 0 Å². The molecule has 0 bridgehead atoms. The quantitative estimate of drug-likeness (QED) is 0.673. The molecule has 0 saturated carbocycles. The standard InChI is InChI=1S/C15H13NO6/c1-21-10-4-6-14(22-2)12(8-10)9-3-5-11(15(17)18)13(7-9)16(19)20/h3-8H,1-2H3,(H,17,18). The Hall–Kier alpha value is -3.09. The molecule has 2 rings (SSSR count). The smallest absolute Gasteiger partial charge is 0.342 e. The van der Waals surface area contributed by atoms with Gasteiger partial charge in [-0.2, -0.15) is 0 Å². The van der Waals surface area contributed by atoms with Crippen molar-refractivity contribution in [3.05, 3.63) is 52.1 Å². The number of hydrogen-bond donors (Lipinski definition) is 1. The summed E-state index contributed by atoms with van der Waals surface area (Å²) in [5.41, 5.74) is 0.194. The average Bonchev–Trinajstić information content (AvgIpc) is 2.53. The number of carboxylic acid groups (broad SMARTS) is 1. The first kappa shape index (κ1) is 15.3. The maximum Gasteiger partial charge on any atom is 0.342 e. The van der Waals surface area contributed by atoms with Crippen molar-refractivity contribution < 1.29 is 24.3 Å². The summed E-state index contributed by atoms with van der Waals surface area (Å²) < 4.78 is 10.4. The molecule has 114 valence electrons. The number of hydrogen-bond acceptors (Lipinski definition) is 5. The van der Waals surface area contributed by atoms with Gasteiger partial charge in [0.25, 0.3) is 5.69 Å². The average molecular weight is 303 g/mol. The van der Waals surface area contributed by atoms with E-state index in [2.05, 4.69) is 0 Å². The van der Waals surface area contributed by atoms with Gasteiger partial charge in [-0.15, -0.1) is 0 Å². The number of nitro benzene ring substituents is 1. The number of carbonyl (C=O) groups is 1. The highest BCUT2D eigenvalue weighted by molar-refractivity contribution is 5.93. The first-order chi connectivity index (χ1) is 10.5. The van der Waals surface area contributed by atoms with Crippen molar-refractivity contribution in [1.82, 2.24) is 0 Å². The van der Waals surface area contributed by atoms with Gasteiger partial charge in [0.15, 0.2) is 0 Å². The second kappa shape index (κ2) is 6.13. The van der Waals surface area contributed by atoms with Crippen molar-refractivity contribution in [3.63, 3.8) is 0 Å². The van der Waals surface area contributed by atoms with E-state index in [1.54, 1.807) is 18.2 Å². The first-order valence-electron chi connectivity index (χ1n) is 6.22. The Morgan fingerprint density at radius 3 is 2.41 bits per heavy atom.